The summed E-state index contributed by atoms with van der Waals surface area (Å²) in [4.78, 5) is 37.9. The zero-order valence-electron chi connectivity index (χ0n) is 18.8. The lowest BCUT2D eigenvalue weighted by Crippen LogP contribution is -2.35. The molecule has 3 aromatic carbocycles. The third-order valence-electron chi connectivity index (χ3n) is 4.83. The molecule has 0 saturated carbocycles. The molecule has 2 N–H and O–H groups in total. The zero-order valence-corrected chi connectivity index (χ0v) is 19.7. The van der Waals surface area contributed by atoms with Crippen molar-refractivity contribution in [2.24, 2.45) is 0 Å². The minimum absolute atomic E-state index is 0.103. The Morgan fingerprint density at radius 2 is 1.65 bits per heavy atom. The van der Waals surface area contributed by atoms with Gasteiger partial charge in [0, 0.05) is 17.1 Å². The number of ether oxygens (including phenoxy) is 1. The highest BCUT2D eigenvalue weighted by molar-refractivity contribution is 8.00. The number of hydrogen-bond acceptors (Lipinski definition) is 5. The van der Waals surface area contributed by atoms with Crippen molar-refractivity contribution in [3.8, 4) is 0 Å². The Balaban J connectivity index is 1.53. The summed E-state index contributed by atoms with van der Waals surface area (Å²) in [5.41, 5.74) is 2.79. The van der Waals surface area contributed by atoms with Crippen LogP contribution in [0, 0.1) is 12.7 Å². The van der Waals surface area contributed by atoms with E-state index in [1.165, 1.54) is 30.8 Å². The summed E-state index contributed by atoms with van der Waals surface area (Å²) >= 11 is 1.21. The Kier molecular flexibility index (Phi) is 8.81. The van der Waals surface area contributed by atoms with Gasteiger partial charge in [0.1, 0.15) is 5.82 Å². The van der Waals surface area contributed by atoms with Crippen LogP contribution in [0.4, 0.5) is 10.1 Å². The van der Waals surface area contributed by atoms with Crippen molar-refractivity contribution in [2.75, 3.05) is 11.1 Å². The molecule has 176 valence electrons. The molecular formula is C26H25FN2O4S. The number of thioether (sulfide) groups is 1. The fourth-order valence-corrected chi connectivity index (χ4v) is 3.79. The van der Waals surface area contributed by atoms with Crippen LogP contribution in [0.1, 0.15) is 28.4 Å². The Labute approximate surface area is 201 Å². The van der Waals surface area contributed by atoms with Gasteiger partial charge in [-0.1, -0.05) is 42.0 Å². The van der Waals surface area contributed by atoms with Crippen LogP contribution in [0.5, 0.6) is 0 Å². The molecule has 0 fully saturated rings. The van der Waals surface area contributed by atoms with E-state index in [0.717, 1.165) is 11.1 Å². The molecule has 0 aliphatic rings. The minimum atomic E-state index is -1.03. The zero-order chi connectivity index (χ0) is 24.5. The lowest BCUT2D eigenvalue weighted by atomic mass is 10.2. The lowest BCUT2D eigenvalue weighted by molar-refractivity contribution is -0.129. The number of anilines is 1. The standard InChI is InChI=1S/C26H25FN2O4S/c1-17-7-13-21(14-8-17)29-24(30)16-34-23-6-4-3-5-22(23)26(32)33-18(2)25(31)28-15-19-9-11-20(27)12-10-19/h3-14,18H,15-16H2,1-2H3,(H,28,31)(H,29,30). The molecule has 0 radical (unpaired) electrons. The number of esters is 1. The largest absolute Gasteiger partial charge is 0.449 e. The molecule has 0 aliphatic carbocycles. The maximum atomic E-state index is 13.0. The van der Waals surface area contributed by atoms with Crippen molar-refractivity contribution in [3.63, 3.8) is 0 Å². The SMILES string of the molecule is Cc1ccc(NC(=O)CSc2ccccc2C(=O)OC(C)C(=O)NCc2ccc(F)cc2)cc1. The number of hydrogen-bond donors (Lipinski definition) is 2. The van der Waals surface area contributed by atoms with Gasteiger partial charge in [-0.25, -0.2) is 9.18 Å². The van der Waals surface area contributed by atoms with E-state index in [1.54, 1.807) is 36.4 Å². The number of benzene rings is 3. The number of carbonyl (C=O) groups is 3. The van der Waals surface area contributed by atoms with Gasteiger partial charge in [0.05, 0.1) is 11.3 Å². The topological polar surface area (TPSA) is 84.5 Å². The van der Waals surface area contributed by atoms with E-state index < -0.39 is 18.0 Å². The average molecular weight is 481 g/mol. The molecule has 0 heterocycles. The van der Waals surface area contributed by atoms with Gasteiger partial charge >= 0.3 is 5.97 Å². The first-order chi connectivity index (χ1) is 16.3. The quantitative estimate of drug-likeness (QED) is 0.342. The highest BCUT2D eigenvalue weighted by atomic mass is 32.2. The van der Waals surface area contributed by atoms with Gasteiger partial charge in [0.15, 0.2) is 6.10 Å². The van der Waals surface area contributed by atoms with E-state index in [1.807, 2.05) is 31.2 Å². The maximum absolute atomic E-state index is 13.0. The van der Waals surface area contributed by atoms with Crippen LogP contribution in [0.2, 0.25) is 0 Å². The van der Waals surface area contributed by atoms with Crippen LogP contribution in [0.15, 0.2) is 77.7 Å². The minimum Gasteiger partial charge on any atom is -0.449 e. The first kappa shape index (κ1) is 25.0. The van der Waals surface area contributed by atoms with E-state index >= 15 is 0 Å². The fourth-order valence-electron chi connectivity index (χ4n) is 2.95. The highest BCUT2D eigenvalue weighted by Crippen LogP contribution is 2.24. The fraction of sp³-hybridized carbons (Fsp3) is 0.192. The number of halogens is 1. The number of nitrogens with one attached hydrogen (secondary N) is 2. The van der Waals surface area contributed by atoms with E-state index in [-0.39, 0.29) is 29.6 Å². The number of amides is 2. The van der Waals surface area contributed by atoms with Crippen molar-refractivity contribution in [2.45, 2.75) is 31.4 Å². The molecule has 34 heavy (non-hydrogen) atoms. The molecule has 1 atom stereocenters. The Hall–Kier alpha value is -3.65. The van der Waals surface area contributed by atoms with Crippen molar-refractivity contribution in [3.05, 3.63) is 95.3 Å². The first-order valence-corrected chi connectivity index (χ1v) is 11.6. The number of rotatable bonds is 9. The third kappa shape index (κ3) is 7.45. The molecule has 2 amide bonds. The van der Waals surface area contributed by atoms with E-state index in [9.17, 15) is 18.8 Å². The van der Waals surface area contributed by atoms with Gasteiger partial charge in [-0.2, -0.15) is 0 Å². The van der Waals surface area contributed by atoms with Crippen LogP contribution >= 0.6 is 11.8 Å². The van der Waals surface area contributed by atoms with Gasteiger partial charge < -0.3 is 15.4 Å². The van der Waals surface area contributed by atoms with E-state index in [2.05, 4.69) is 10.6 Å². The Morgan fingerprint density at radius 3 is 2.35 bits per heavy atom. The van der Waals surface area contributed by atoms with Gasteiger partial charge in [-0.3, -0.25) is 9.59 Å². The van der Waals surface area contributed by atoms with Crippen LogP contribution in [0.25, 0.3) is 0 Å². The molecular weight excluding hydrogens is 455 g/mol. The lowest BCUT2D eigenvalue weighted by Gasteiger charge is -2.15. The summed E-state index contributed by atoms with van der Waals surface area (Å²) in [7, 11) is 0. The van der Waals surface area contributed by atoms with Crippen LogP contribution in [0.3, 0.4) is 0 Å². The van der Waals surface area contributed by atoms with Crippen LogP contribution in [-0.2, 0) is 20.9 Å². The van der Waals surface area contributed by atoms with Crippen molar-refractivity contribution < 1.29 is 23.5 Å². The second-order valence-electron chi connectivity index (χ2n) is 7.59. The summed E-state index contributed by atoms with van der Waals surface area (Å²) in [6.45, 7) is 3.62. The summed E-state index contributed by atoms with van der Waals surface area (Å²) in [5.74, 6) is -1.59. The average Bonchev–Trinajstić information content (AvgIpc) is 2.83. The van der Waals surface area contributed by atoms with Gasteiger partial charge in [0.25, 0.3) is 5.91 Å². The van der Waals surface area contributed by atoms with Crippen molar-refractivity contribution >= 4 is 35.2 Å². The molecule has 3 rings (SSSR count). The molecule has 0 spiro atoms. The molecule has 8 heteroatoms. The molecule has 3 aromatic rings. The van der Waals surface area contributed by atoms with Gasteiger partial charge in [0.2, 0.25) is 5.91 Å². The normalized spacial score (nSPS) is 11.4. The molecule has 1 unspecified atom stereocenters. The molecule has 6 nitrogen and oxygen atoms in total. The summed E-state index contributed by atoms with van der Waals surface area (Å²) in [6.07, 6.45) is -1.03. The Morgan fingerprint density at radius 1 is 0.971 bits per heavy atom. The second-order valence-corrected chi connectivity index (χ2v) is 8.61. The Bertz CT molecular complexity index is 1150. The van der Waals surface area contributed by atoms with Crippen molar-refractivity contribution in [1.29, 1.82) is 0 Å². The van der Waals surface area contributed by atoms with Gasteiger partial charge in [-0.05, 0) is 55.8 Å². The van der Waals surface area contributed by atoms with E-state index in [4.69, 9.17) is 4.74 Å². The predicted molar refractivity (Wildman–Crippen MR) is 130 cm³/mol. The summed E-state index contributed by atoms with van der Waals surface area (Å²) in [6, 6.07) is 20.0. The van der Waals surface area contributed by atoms with Crippen LogP contribution in [-0.4, -0.2) is 29.6 Å². The monoisotopic (exact) mass is 480 g/mol. The smallest absolute Gasteiger partial charge is 0.340 e. The molecule has 0 bridgehead atoms. The first-order valence-electron chi connectivity index (χ1n) is 10.6. The molecule has 0 aromatic heterocycles. The van der Waals surface area contributed by atoms with Gasteiger partial charge in [-0.15, -0.1) is 11.8 Å². The number of aryl methyl sites for hydroxylation is 1. The number of carbonyl (C=O) groups excluding carboxylic acids is 3. The van der Waals surface area contributed by atoms with Crippen LogP contribution < -0.4 is 10.6 Å². The highest BCUT2D eigenvalue weighted by Gasteiger charge is 2.21. The molecule has 0 aliphatic heterocycles. The van der Waals surface area contributed by atoms with E-state index in [0.29, 0.717) is 10.6 Å². The maximum Gasteiger partial charge on any atom is 0.340 e. The predicted octanol–water partition coefficient (Wildman–Crippen LogP) is 4.73. The summed E-state index contributed by atoms with van der Waals surface area (Å²) in [5, 5.41) is 5.48. The van der Waals surface area contributed by atoms with Crippen molar-refractivity contribution in [1.82, 2.24) is 5.32 Å². The third-order valence-corrected chi connectivity index (χ3v) is 5.91. The molecule has 0 saturated heterocycles. The second kappa shape index (κ2) is 12.0. The summed E-state index contributed by atoms with van der Waals surface area (Å²) < 4.78 is 18.3.